The number of para-hydroxylation sites is 1. The summed E-state index contributed by atoms with van der Waals surface area (Å²) in [6.45, 7) is 4.01. The Balaban J connectivity index is 1.88. The second-order valence-electron chi connectivity index (χ2n) is 5.32. The fraction of sp³-hybridized carbons (Fsp3) is 0.316. The Kier molecular flexibility index (Phi) is 6.03. The maximum Gasteiger partial charge on any atom is 0.258 e. The molecule has 2 rings (SSSR count). The summed E-state index contributed by atoms with van der Waals surface area (Å²) in [6.07, 6.45) is 0.983. The monoisotopic (exact) mass is 313 g/mol. The zero-order chi connectivity index (χ0) is 16.7. The van der Waals surface area contributed by atoms with Gasteiger partial charge in [0, 0.05) is 5.56 Å². The molecule has 0 unspecified atom stereocenters. The van der Waals surface area contributed by atoms with E-state index in [-0.39, 0.29) is 18.6 Å². The van der Waals surface area contributed by atoms with Crippen LogP contribution in [-0.2, 0) is 11.2 Å². The van der Waals surface area contributed by atoms with Gasteiger partial charge in [0.2, 0.25) is 0 Å². The van der Waals surface area contributed by atoms with Crippen molar-refractivity contribution in [2.75, 3.05) is 13.7 Å². The topological polar surface area (TPSA) is 47.6 Å². The number of nitrogens with one attached hydrogen (secondary N) is 1. The Bertz CT molecular complexity index is 637. The first-order chi connectivity index (χ1) is 11.1. The molecule has 23 heavy (non-hydrogen) atoms. The first-order valence-electron chi connectivity index (χ1n) is 7.78. The van der Waals surface area contributed by atoms with Crippen LogP contribution in [0.15, 0.2) is 48.5 Å². The van der Waals surface area contributed by atoms with Crippen molar-refractivity contribution in [1.29, 1.82) is 0 Å². The number of hydrogen-bond acceptors (Lipinski definition) is 3. The molecule has 2 aromatic carbocycles. The van der Waals surface area contributed by atoms with Gasteiger partial charge in [0.1, 0.15) is 11.5 Å². The second-order valence-corrected chi connectivity index (χ2v) is 5.32. The Hall–Kier alpha value is -2.49. The lowest BCUT2D eigenvalue weighted by atomic mass is 10.1. The molecule has 0 fully saturated rings. The Labute approximate surface area is 137 Å². The van der Waals surface area contributed by atoms with Crippen LogP contribution in [0.1, 0.15) is 31.0 Å². The molecule has 1 atom stereocenters. The Morgan fingerprint density at radius 1 is 1.13 bits per heavy atom. The SMILES string of the molecule is CCc1ccc(OCC(=O)N[C@@H](C)c2ccccc2OC)cc1. The normalized spacial score (nSPS) is 11.6. The van der Waals surface area contributed by atoms with Crippen LogP contribution in [0.3, 0.4) is 0 Å². The summed E-state index contributed by atoms with van der Waals surface area (Å²) in [6, 6.07) is 15.3. The van der Waals surface area contributed by atoms with Gasteiger partial charge in [0.15, 0.2) is 6.61 Å². The predicted molar refractivity (Wildman–Crippen MR) is 90.9 cm³/mol. The third-order valence-corrected chi connectivity index (χ3v) is 3.68. The van der Waals surface area contributed by atoms with Crippen molar-refractivity contribution in [1.82, 2.24) is 5.32 Å². The van der Waals surface area contributed by atoms with Crippen LogP contribution in [0.25, 0.3) is 0 Å². The molecule has 1 N–H and O–H groups in total. The summed E-state index contributed by atoms with van der Waals surface area (Å²) >= 11 is 0. The molecule has 0 radical (unpaired) electrons. The summed E-state index contributed by atoms with van der Waals surface area (Å²) in [5.74, 6) is 1.29. The average molecular weight is 313 g/mol. The second kappa shape index (κ2) is 8.22. The molecule has 0 saturated carbocycles. The van der Waals surface area contributed by atoms with Crippen LogP contribution in [0.2, 0.25) is 0 Å². The van der Waals surface area contributed by atoms with E-state index in [1.54, 1.807) is 7.11 Å². The van der Waals surface area contributed by atoms with Gasteiger partial charge >= 0.3 is 0 Å². The number of aryl methyl sites for hydroxylation is 1. The highest BCUT2D eigenvalue weighted by Gasteiger charge is 2.13. The molecule has 1 amide bonds. The molecule has 0 aromatic heterocycles. The Morgan fingerprint density at radius 2 is 1.83 bits per heavy atom. The summed E-state index contributed by atoms with van der Waals surface area (Å²) in [5, 5.41) is 2.92. The zero-order valence-corrected chi connectivity index (χ0v) is 13.8. The number of hydrogen-bond donors (Lipinski definition) is 1. The number of carbonyl (C=O) groups is 1. The molecule has 0 heterocycles. The molecule has 0 saturated heterocycles. The van der Waals surface area contributed by atoms with E-state index >= 15 is 0 Å². The largest absolute Gasteiger partial charge is 0.496 e. The first-order valence-corrected chi connectivity index (χ1v) is 7.78. The van der Waals surface area contributed by atoms with E-state index in [4.69, 9.17) is 9.47 Å². The van der Waals surface area contributed by atoms with Crippen LogP contribution in [0, 0.1) is 0 Å². The lowest BCUT2D eigenvalue weighted by Crippen LogP contribution is -2.31. The average Bonchev–Trinajstić information content (AvgIpc) is 2.60. The minimum absolute atomic E-state index is 0.00897. The zero-order valence-electron chi connectivity index (χ0n) is 13.8. The van der Waals surface area contributed by atoms with Crippen molar-refractivity contribution in [3.63, 3.8) is 0 Å². The third kappa shape index (κ3) is 4.74. The molecule has 122 valence electrons. The predicted octanol–water partition coefficient (Wildman–Crippen LogP) is 3.51. The molecular formula is C19H23NO3. The summed E-state index contributed by atoms with van der Waals surface area (Å²) < 4.78 is 10.8. The van der Waals surface area contributed by atoms with E-state index in [1.165, 1.54) is 5.56 Å². The van der Waals surface area contributed by atoms with Gasteiger partial charge < -0.3 is 14.8 Å². The summed E-state index contributed by atoms with van der Waals surface area (Å²) in [7, 11) is 1.62. The van der Waals surface area contributed by atoms with Crippen LogP contribution in [0.5, 0.6) is 11.5 Å². The number of carbonyl (C=O) groups excluding carboxylic acids is 1. The maximum atomic E-state index is 12.0. The third-order valence-electron chi connectivity index (χ3n) is 3.68. The highest BCUT2D eigenvalue weighted by Crippen LogP contribution is 2.24. The minimum Gasteiger partial charge on any atom is -0.496 e. The molecular weight excluding hydrogens is 290 g/mol. The molecule has 0 bridgehead atoms. The molecule has 0 aliphatic heterocycles. The summed E-state index contributed by atoms with van der Waals surface area (Å²) in [5.41, 5.74) is 2.18. The van der Waals surface area contributed by atoms with Crippen LogP contribution in [0.4, 0.5) is 0 Å². The molecule has 0 aliphatic carbocycles. The van der Waals surface area contributed by atoms with Crippen molar-refractivity contribution >= 4 is 5.91 Å². The van der Waals surface area contributed by atoms with Crippen molar-refractivity contribution in [2.45, 2.75) is 26.3 Å². The maximum absolute atomic E-state index is 12.0. The van der Waals surface area contributed by atoms with E-state index in [1.807, 2.05) is 55.5 Å². The lowest BCUT2D eigenvalue weighted by Gasteiger charge is -2.17. The van der Waals surface area contributed by atoms with Gasteiger partial charge in [-0.05, 0) is 37.1 Å². The van der Waals surface area contributed by atoms with Crippen LogP contribution in [-0.4, -0.2) is 19.6 Å². The van der Waals surface area contributed by atoms with Crippen LogP contribution >= 0.6 is 0 Å². The number of rotatable bonds is 7. The molecule has 0 aliphatic rings. The highest BCUT2D eigenvalue weighted by molar-refractivity contribution is 5.78. The Morgan fingerprint density at radius 3 is 2.48 bits per heavy atom. The minimum atomic E-state index is -0.164. The molecule has 0 spiro atoms. The van der Waals surface area contributed by atoms with Gasteiger partial charge in [-0.1, -0.05) is 37.3 Å². The summed E-state index contributed by atoms with van der Waals surface area (Å²) in [4.78, 5) is 12.0. The van der Waals surface area contributed by atoms with Gasteiger partial charge in [-0.25, -0.2) is 0 Å². The number of ether oxygens (including phenoxy) is 2. The van der Waals surface area contributed by atoms with Gasteiger partial charge in [-0.3, -0.25) is 4.79 Å². The van der Waals surface area contributed by atoms with Crippen molar-refractivity contribution in [3.8, 4) is 11.5 Å². The molecule has 4 heteroatoms. The van der Waals surface area contributed by atoms with E-state index in [9.17, 15) is 4.79 Å². The number of amides is 1. The van der Waals surface area contributed by atoms with Crippen molar-refractivity contribution < 1.29 is 14.3 Å². The van der Waals surface area contributed by atoms with Gasteiger partial charge in [0.25, 0.3) is 5.91 Å². The van der Waals surface area contributed by atoms with Gasteiger partial charge in [-0.2, -0.15) is 0 Å². The standard InChI is InChI=1S/C19H23NO3/c1-4-15-9-11-16(12-10-15)23-13-19(21)20-14(2)17-7-5-6-8-18(17)22-3/h5-12,14H,4,13H2,1-3H3,(H,20,21)/t14-/m0/s1. The molecule has 2 aromatic rings. The van der Waals surface area contributed by atoms with E-state index in [2.05, 4.69) is 12.2 Å². The van der Waals surface area contributed by atoms with Crippen molar-refractivity contribution in [2.24, 2.45) is 0 Å². The van der Waals surface area contributed by atoms with E-state index in [0.29, 0.717) is 5.75 Å². The van der Waals surface area contributed by atoms with Gasteiger partial charge in [-0.15, -0.1) is 0 Å². The quantitative estimate of drug-likeness (QED) is 0.851. The fourth-order valence-electron chi connectivity index (χ4n) is 2.36. The lowest BCUT2D eigenvalue weighted by molar-refractivity contribution is -0.123. The van der Waals surface area contributed by atoms with Crippen molar-refractivity contribution in [3.05, 3.63) is 59.7 Å². The smallest absolute Gasteiger partial charge is 0.258 e. The van der Waals surface area contributed by atoms with Gasteiger partial charge in [0.05, 0.1) is 13.2 Å². The number of methoxy groups -OCH3 is 1. The van der Waals surface area contributed by atoms with E-state index in [0.717, 1.165) is 17.7 Å². The van der Waals surface area contributed by atoms with Crippen LogP contribution < -0.4 is 14.8 Å². The highest BCUT2D eigenvalue weighted by atomic mass is 16.5. The number of benzene rings is 2. The fourth-order valence-corrected chi connectivity index (χ4v) is 2.36. The van der Waals surface area contributed by atoms with E-state index < -0.39 is 0 Å². The first kappa shape index (κ1) is 16.9. The molecule has 4 nitrogen and oxygen atoms in total.